The van der Waals surface area contributed by atoms with Crippen LogP contribution in [0.2, 0.25) is 0 Å². The molecule has 0 heterocycles. The van der Waals surface area contributed by atoms with Gasteiger partial charge in [0, 0.05) is 6.54 Å². The predicted molar refractivity (Wildman–Crippen MR) is 135 cm³/mol. The van der Waals surface area contributed by atoms with Gasteiger partial charge in [-0.15, -0.1) is 0 Å². The number of carbonyl (C=O) groups is 4. The van der Waals surface area contributed by atoms with Crippen molar-refractivity contribution in [2.24, 2.45) is 39.9 Å². The Morgan fingerprint density at radius 1 is 0.886 bits per heavy atom. The fraction of sp³-hybridized carbons (Fsp3) is 0.783. The zero-order valence-corrected chi connectivity index (χ0v) is 21.8. The number of hydrogen-bond acceptors (Lipinski definition) is 6. The lowest BCUT2D eigenvalue weighted by Gasteiger charge is -2.27. The maximum atomic E-state index is 13.2. The van der Waals surface area contributed by atoms with E-state index in [2.05, 4.69) is 20.9 Å². The van der Waals surface area contributed by atoms with Crippen molar-refractivity contribution in [2.45, 2.75) is 91.4 Å². The third-order valence-corrected chi connectivity index (χ3v) is 5.71. The van der Waals surface area contributed by atoms with E-state index in [1.165, 1.54) is 0 Å². The Morgan fingerprint density at radius 3 is 1.89 bits per heavy atom. The summed E-state index contributed by atoms with van der Waals surface area (Å²) in [5.41, 5.74) is 16.7. The minimum atomic E-state index is -1.18. The molecule has 0 saturated heterocycles. The van der Waals surface area contributed by atoms with Gasteiger partial charge in [0.25, 0.3) is 0 Å². The first kappa shape index (κ1) is 32.1. The molecule has 0 radical (unpaired) electrons. The molecule has 0 spiro atoms. The van der Waals surface area contributed by atoms with Crippen molar-refractivity contribution in [3.05, 3.63) is 0 Å². The zero-order chi connectivity index (χ0) is 27.3. The molecule has 0 aromatic heterocycles. The Bertz CT molecular complexity index is 738. The Balaban J connectivity index is 5.65. The van der Waals surface area contributed by atoms with E-state index < -0.39 is 47.9 Å². The largest absolute Gasteiger partial charge is 0.480 e. The molecule has 12 nitrogen and oxygen atoms in total. The smallest absolute Gasteiger partial charge is 0.326 e. The molecule has 5 atom stereocenters. The number of carboxylic acid groups (broad SMARTS) is 1. The molecule has 0 aliphatic heterocycles. The summed E-state index contributed by atoms with van der Waals surface area (Å²) in [4.78, 5) is 54.2. The van der Waals surface area contributed by atoms with Crippen LogP contribution in [-0.4, -0.2) is 65.5 Å². The Hall–Kier alpha value is -2.89. The van der Waals surface area contributed by atoms with Crippen LogP contribution in [0, 0.1) is 17.8 Å². The van der Waals surface area contributed by atoms with Gasteiger partial charge in [-0.25, -0.2) is 4.79 Å². The van der Waals surface area contributed by atoms with E-state index in [-0.39, 0.29) is 36.7 Å². The van der Waals surface area contributed by atoms with Crippen molar-refractivity contribution in [1.29, 1.82) is 0 Å². The normalized spacial score (nSPS) is 15.5. The molecule has 0 fully saturated rings. The number of carbonyl (C=O) groups excluding carboxylic acids is 3. The van der Waals surface area contributed by atoms with Gasteiger partial charge in [-0.3, -0.25) is 19.4 Å². The van der Waals surface area contributed by atoms with E-state index in [0.29, 0.717) is 19.3 Å². The molecule has 0 saturated carbocycles. The highest BCUT2D eigenvalue weighted by Gasteiger charge is 2.32. The lowest BCUT2D eigenvalue weighted by Crippen LogP contribution is -2.58. The van der Waals surface area contributed by atoms with Crippen LogP contribution in [0.1, 0.15) is 67.2 Å². The summed E-state index contributed by atoms with van der Waals surface area (Å²) in [7, 11) is 0. The number of nitrogens with one attached hydrogen (secondary N) is 3. The molecule has 12 heteroatoms. The van der Waals surface area contributed by atoms with Gasteiger partial charge < -0.3 is 38.3 Å². The van der Waals surface area contributed by atoms with Crippen molar-refractivity contribution in [3.8, 4) is 0 Å². The number of nitrogens with two attached hydrogens (primary N) is 3. The first-order valence-corrected chi connectivity index (χ1v) is 12.2. The molecule has 0 bridgehead atoms. The van der Waals surface area contributed by atoms with Crippen LogP contribution in [0.15, 0.2) is 4.99 Å². The summed E-state index contributed by atoms with van der Waals surface area (Å²) in [6.45, 7) is 11.1. The van der Waals surface area contributed by atoms with E-state index >= 15 is 0 Å². The van der Waals surface area contributed by atoms with E-state index in [1.54, 1.807) is 13.8 Å². The Labute approximate surface area is 208 Å². The van der Waals surface area contributed by atoms with Gasteiger partial charge in [0.15, 0.2) is 5.96 Å². The number of carboxylic acids is 1. The van der Waals surface area contributed by atoms with Crippen molar-refractivity contribution >= 4 is 29.7 Å². The SMILES string of the molecule is CCC(C)C(N)C(=O)NC(CC(C)C)C(=O)NC(CCCN=C(N)N)C(=O)NC(C(=O)O)C(C)C. The summed E-state index contributed by atoms with van der Waals surface area (Å²) in [5.74, 6) is -3.30. The standard InChI is InChI=1S/C23H45N7O5/c1-7-14(6)17(24)21(33)29-16(11-12(2)3)20(32)28-15(9-8-10-27-23(25)26)19(31)30-18(13(4)5)22(34)35/h12-18H,7-11,24H2,1-6H3,(H,28,32)(H,29,33)(H,30,31)(H,34,35)(H4,25,26,27). The second kappa shape index (κ2) is 15.9. The van der Waals surface area contributed by atoms with Gasteiger partial charge >= 0.3 is 5.97 Å². The molecule has 35 heavy (non-hydrogen) atoms. The number of nitrogens with zero attached hydrogens (tertiary/aromatic N) is 1. The second-order valence-corrected chi connectivity index (χ2v) is 9.68. The minimum absolute atomic E-state index is 0.0670. The highest BCUT2D eigenvalue weighted by Crippen LogP contribution is 2.10. The second-order valence-electron chi connectivity index (χ2n) is 9.68. The van der Waals surface area contributed by atoms with Gasteiger partial charge in [-0.2, -0.15) is 0 Å². The van der Waals surface area contributed by atoms with Crippen LogP contribution >= 0.6 is 0 Å². The molecule has 0 aromatic carbocycles. The van der Waals surface area contributed by atoms with E-state index in [1.807, 2.05) is 27.7 Å². The van der Waals surface area contributed by atoms with Crippen molar-refractivity contribution in [1.82, 2.24) is 16.0 Å². The number of aliphatic carboxylic acids is 1. The molecule has 0 aliphatic carbocycles. The summed E-state index contributed by atoms with van der Waals surface area (Å²) < 4.78 is 0. The summed E-state index contributed by atoms with van der Waals surface area (Å²) in [6, 6.07) is -3.86. The van der Waals surface area contributed by atoms with Crippen LogP contribution in [0.5, 0.6) is 0 Å². The van der Waals surface area contributed by atoms with Crippen molar-refractivity contribution in [3.63, 3.8) is 0 Å². The van der Waals surface area contributed by atoms with Crippen LogP contribution in [0.3, 0.4) is 0 Å². The summed E-state index contributed by atoms with van der Waals surface area (Å²) >= 11 is 0. The van der Waals surface area contributed by atoms with Crippen LogP contribution in [-0.2, 0) is 19.2 Å². The molecule has 3 amide bonds. The zero-order valence-electron chi connectivity index (χ0n) is 21.8. The molecule has 0 aliphatic rings. The quantitative estimate of drug-likeness (QED) is 0.0844. The number of rotatable bonds is 16. The molecule has 5 unspecified atom stereocenters. The first-order chi connectivity index (χ1) is 16.2. The average Bonchev–Trinajstić information content (AvgIpc) is 2.76. The van der Waals surface area contributed by atoms with Crippen molar-refractivity contribution < 1.29 is 24.3 Å². The lowest BCUT2D eigenvalue weighted by molar-refractivity contribution is -0.143. The number of hydrogen-bond donors (Lipinski definition) is 7. The highest BCUT2D eigenvalue weighted by atomic mass is 16.4. The first-order valence-electron chi connectivity index (χ1n) is 12.2. The van der Waals surface area contributed by atoms with Gasteiger partial charge in [0.1, 0.15) is 18.1 Å². The minimum Gasteiger partial charge on any atom is -0.480 e. The van der Waals surface area contributed by atoms with Gasteiger partial charge in [-0.05, 0) is 37.0 Å². The molecule has 0 rings (SSSR count). The molecular weight excluding hydrogens is 454 g/mol. The predicted octanol–water partition coefficient (Wildman–Crippen LogP) is -0.345. The highest BCUT2D eigenvalue weighted by molar-refractivity contribution is 5.94. The molecular formula is C23H45N7O5. The topological polar surface area (TPSA) is 215 Å². The Kier molecular flexibility index (Phi) is 14.6. The summed E-state index contributed by atoms with van der Waals surface area (Å²) in [6.07, 6.45) is 1.55. The number of aliphatic imine (C=N–C) groups is 1. The maximum Gasteiger partial charge on any atom is 0.326 e. The fourth-order valence-electron chi connectivity index (χ4n) is 3.30. The van der Waals surface area contributed by atoms with Crippen LogP contribution < -0.4 is 33.2 Å². The Morgan fingerprint density at radius 2 is 1.43 bits per heavy atom. The lowest BCUT2D eigenvalue weighted by atomic mass is 9.97. The van der Waals surface area contributed by atoms with Crippen LogP contribution in [0.25, 0.3) is 0 Å². The monoisotopic (exact) mass is 499 g/mol. The van der Waals surface area contributed by atoms with Gasteiger partial charge in [-0.1, -0.05) is 48.0 Å². The maximum absolute atomic E-state index is 13.2. The number of guanidine groups is 1. The third-order valence-electron chi connectivity index (χ3n) is 5.71. The third kappa shape index (κ3) is 12.4. The van der Waals surface area contributed by atoms with Crippen LogP contribution in [0.4, 0.5) is 0 Å². The van der Waals surface area contributed by atoms with E-state index in [4.69, 9.17) is 17.2 Å². The molecule has 10 N–H and O–H groups in total. The molecule has 202 valence electrons. The molecule has 0 aromatic rings. The van der Waals surface area contributed by atoms with Gasteiger partial charge in [0.2, 0.25) is 17.7 Å². The van der Waals surface area contributed by atoms with E-state index in [9.17, 15) is 24.3 Å². The number of amides is 3. The average molecular weight is 500 g/mol. The fourth-order valence-corrected chi connectivity index (χ4v) is 3.30. The van der Waals surface area contributed by atoms with Gasteiger partial charge in [0.05, 0.1) is 6.04 Å². The van der Waals surface area contributed by atoms with E-state index in [0.717, 1.165) is 0 Å². The summed E-state index contributed by atoms with van der Waals surface area (Å²) in [5, 5.41) is 17.3. The van der Waals surface area contributed by atoms with Crippen molar-refractivity contribution in [2.75, 3.05) is 6.54 Å².